The number of carbonyl (C=O) groups excluding carboxylic acids is 1. The van der Waals surface area contributed by atoms with Gasteiger partial charge in [0.25, 0.3) is 0 Å². The van der Waals surface area contributed by atoms with Crippen LogP contribution in [0.2, 0.25) is 0 Å². The molecule has 7 N–H and O–H groups in total. The van der Waals surface area contributed by atoms with Crippen molar-refractivity contribution in [1.29, 1.82) is 0 Å². The van der Waals surface area contributed by atoms with Gasteiger partial charge in [-0.1, -0.05) is 6.58 Å². The standard InChI is InChI=1S/C19H32O13/c1-2-11(22)28-5-3-4-6-29-18-16(27)14(25)17(10(8-21)31-18)32-19-15(26)13(24)12(23)9(7-20)30-19/h2,9-10,12-21,23-27H,1,3-8H2/t9-,10-,12-,13+,14-,15-,16-,17-,18+,19-/m1/s1. The van der Waals surface area contributed by atoms with Crippen LogP contribution in [0.5, 0.6) is 0 Å². The number of rotatable bonds is 11. The maximum Gasteiger partial charge on any atom is 0.330 e. The zero-order valence-corrected chi connectivity index (χ0v) is 17.4. The second-order valence-corrected chi connectivity index (χ2v) is 7.45. The summed E-state index contributed by atoms with van der Waals surface area (Å²) in [6, 6.07) is 0. The van der Waals surface area contributed by atoms with Crippen molar-refractivity contribution >= 4 is 5.97 Å². The van der Waals surface area contributed by atoms with E-state index < -0.39 is 80.6 Å². The lowest BCUT2D eigenvalue weighted by Gasteiger charge is -2.45. The molecule has 2 rings (SSSR count). The highest BCUT2D eigenvalue weighted by atomic mass is 16.7. The third kappa shape index (κ3) is 6.65. The van der Waals surface area contributed by atoms with Gasteiger partial charge in [0.15, 0.2) is 12.6 Å². The summed E-state index contributed by atoms with van der Waals surface area (Å²) in [7, 11) is 0. The number of aliphatic hydroxyl groups excluding tert-OH is 7. The highest BCUT2D eigenvalue weighted by Crippen LogP contribution is 2.29. The monoisotopic (exact) mass is 468 g/mol. The Kier molecular flexibility index (Phi) is 10.9. The number of ether oxygens (including phenoxy) is 5. The van der Waals surface area contributed by atoms with Gasteiger partial charge in [0.05, 0.1) is 19.8 Å². The number of aliphatic hydroxyl groups is 7. The molecule has 0 bridgehead atoms. The number of hydrogen-bond acceptors (Lipinski definition) is 13. The molecular formula is C19H32O13. The average molecular weight is 468 g/mol. The molecule has 10 atom stereocenters. The molecule has 0 amide bonds. The van der Waals surface area contributed by atoms with E-state index in [4.69, 9.17) is 23.7 Å². The maximum absolute atomic E-state index is 11.0. The van der Waals surface area contributed by atoms with Crippen LogP contribution in [0.25, 0.3) is 0 Å². The van der Waals surface area contributed by atoms with Gasteiger partial charge in [-0.05, 0) is 12.8 Å². The normalized spacial score (nSPS) is 40.1. The molecule has 0 aromatic rings. The Hall–Kier alpha value is -1.23. The Balaban J connectivity index is 1.90. The van der Waals surface area contributed by atoms with E-state index in [-0.39, 0.29) is 13.2 Å². The number of carbonyl (C=O) groups is 1. The summed E-state index contributed by atoms with van der Waals surface area (Å²) in [6.45, 7) is 2.19. The van der Waals surface area contributed by atoms with E-state index in [1.54, 1.807) is 0 Å². The van der Waals surface area contributed by atoms with Crippen LogP contribution in [0.15, 0.2) is 12.7 Å². The molecule has 0 aromatic carbocycles. The fourth-order valence-corrected chi connectivity index (χ4v) is 3.33. The summed E-state index contributed by atoms with van der Waals surface area (Å²) in [5.41, 5.74) is 0. The van der Waals surface area contributed by atoms with E-state index in [9.17, 15) is 40.5 Å². The maximum atomic E-state index is 11.0. The highest BCUT2D eigenvalue weighted by molar-refractivity contribution is 5.81. The number of esters is 1. The van der Waals surface area contributed by atoms with Crippen molar-refractivity contribution in [2.75, 3.05) is 26.4 Å². The number of unbranched alkanes of at least 4 members (excludes halogenated alkanes) is 1. The van der Waals surface area contributed by atoms with Gasteiger partial charge in [-0.25, -0.2) is 4.79 Å². The molecule has 0 spiro atoms. The summed E-state index contributed by atoms with van der Waals surface area (Å²) in [5, 5.41) is 69.5. The van der Waals surface area contributed by atoms with Gasteiger partial charge in [0.2, 0.25) is 0 Å². The van der Waals surface area contributed by atoms with Crippen LogP contribution in [0.1, 0.15) is 12.8 Å². The summed E-state index contributed by atoms with van der Waals surface area (Å²) in [5.74, 6) is -0.545. The lowest BCUT2D eigenvalue weighted by atomic mass is 9.97. The van der Waals surface area contributed by atoms with E-state index in [1.807, 2.05) is 0 Å². The van der Waals surface area contributed by atoms with Gasteiger partial charge >= 0.3 is 5.97 Å². The first-order valence-corrected chi connectivity index (χ1v) is 10.2. The van der Waals surface area contributed by atoms with E-state index in [2.05, 4.69) is 6.58 Å². The highest BCUT2D eigenvalue weighted by Gasteiger charge is 2.50. The van der Waals surface area contributed by atoms with E-state index in [1.165, 1.54) is 0 Å². The third-order valence-corrected chi connectivity index (χ3v) is 5.19. The Bertz CT molecular complexity index is 586. The summed E-state index contributed by atoms with van der Waals surface area (Å²) < 4.78 is 26.4. The van der Waals surface area contributed by atoms with Crippen molar-refractivity contribution < 1.29 is 64.2 Å². The van der Waals surface area contributed by atoms with Gasteiger partial charge in [-0.2, -0.15) is 0 Å². The molecule has 13 nitrogen and oxygen atoms in total. The van der Waals surface area contributed by atoms with Crippen molar-refractivity contribution in [3.63, 3.8) is 0 Å². The van der Waals surface area contributed by atoms with Crippen molar-refractivity contribution in [2.24, 2.45) is 0 Å². The molecular weight excluding hydrogens is 436 g/mol. The van der Waals surface area contributed by atoms with Crippen LogP contribution in [0.4, 0.5) is 0 Å². The quantitative estimate of drug-likeness (QED) is 0.0882. The molecule has 2 fully saturated rings. The first kappa shape index (κ1) is 27.0. The molecule has 2 heterocycles. The molecule has 2 aliphatic rings. The Morgan fingerprint density at radius 2 is 1.41 bits per heavy atom. The van der Waals surface area contributed by atoms with Crippen molar-refractivity contribution in [1.82, 2.24) is 0 Å². The van der Waals surface area contributed by atoms with Gasteiger partial charge in [0, 0.05) is 12.7 Å². The van der Waals surface area contributed by atoms with E-state index in [0.717, 1.165) is 6.08 Å². The molecule has 2 aliphatic heterocycles. The van der Waals surface area contributed by atoms with Crippen molar-refractivity contribution in [2.45, 2.75) is 74.3 Å². The molecule has 0 radical (unpaired) electrons. The van der Waals surface area contributed by atoms with Gasteiger partial charge in [-0.3, -0.25) is 0 Å². The zero-order valence-electron chi connectivity index (χ0n) is 17.4. The van der Waals surface area contributed by atoms with Crippen LogP contribution in [0.3, 0.4) is 0 Å². The minimum atomic E-state index is -1.74. The van der Waals surface area contributed by atoms with Crippen LogP contribution in [0, 0.1) is 0 Å². The Morgan fingerprint density at radius 3 is 2.03 bits per heavy atom. The van der Waals surface area contributed by atoms with Crippen LogP contribution in [-0.2, 0) is 28.5 Å². The second-order valence-electron chi connectivity index (χ2n) is 7.45. The largest absolute Gasteiger partial charge is 0.463 e. The van der Waals surface area contributed by atoms with Crippen molar-refractivity contribution in [3.8, 4) is 0 Å². The predicted octanol–water partition coefficient (Wildman–Crippen LogP) is -3.86. The van der Waals surface area contributed by atoms with Crippen LogP contribution < -0.4 is 0 Å². The molecule has 2 saturated heterocycles. The van der Waals surface area contributed by atoms with E-state index >= 15 is 0 Å². The average Bonchev–Trinajstić information content (AvgIpc) is 2.80. The van der Waals surface area contributed by atoms with Gasteiger partial charge in [0.1, 0.15) is 48.8 Å². The lowest BCUT2D eigenvalue weighted by molar-refractivity contribution is -0.359. The van der Waals surface area contributed by atoms with Gasteiger partial charge in [-0.15, -0.1) is 0 Å². The summed E-state index contributed by atoms with van der Waals surface area (Å²) in [4.78, 5) is 11.0. The van der Waals surface area contributed by atoms with E-state index in [0.29, 0.717) is 12.8 Å². The second kappa shape index (κ2) is 12.9. The zero-order chi connectivity index (χ0) is 23.8. The topological polar surface area (TPSA) is 205 Å². The molecule has 0 aliphatic carbocycles. The first-order chi connectivity index (χ1) is 15.2. The molecule has 0 unspecified atom stereocenters. The van der Waals surface area contributed by atoms with Crippen molar-refractivity contribution in [3.05, 3.63) is 12.7 Å². The molecule has 186 valence electrons. The summed E-state index contributed by atoms with van der Waals surface area (Å²) in [6.07, 6.45) is -13.0. The fraction of sp³-hybridized carbons (Fsp3) is 0.842. The molecule has 13 heteroatoms. The minimum absolute atomic E-state index is 0.0937. The predicted molar refractivity (Wildman–Crippen MR) is 103 cm³/mol. The lowest BCUT2D eigenvalue weighted by Crippen LogP contribution is -2.64. The third-order valence-electron chi connectivity index (χ3n) is 5.19. The Labute approximate surface area is 184 Å². The van der Waals surface area contributed by atoms with Crippen LogP contribution in [-0.4, -0.2) is 130 Å². The summed E-state index contributed by atoms with van der Waals surface area (Å²) >= 11 is 0. The molecule has 32 heavy (non-hydrogen) atoms. The SMILES string of the molecule is C=CC(=O)OCCCCO[C@H]1O[C@H](CO)[C@@H](O[C@H]2O[C@H](CO)[C@@H](O)[C@H](O)[C@H]2O)[C@H](O)[C@H]1O. The Morgan fingerprint density at radius 1 is 0.812 bits per heavy atom. The smallest absolute Gasteiger partial charge is 0.330 e. The fourth-order valence-electron chi connectivity index (χ4n) is 3.33. The van der Waals surface area contributed by atoms with Crippen LogP contribution >= 0.6 is 0 Å². The van der Waals surface area contributed by atoms with Gasteiger partial charge < -0.3 is 59.4 Å². The molecule has 0 saturated carbocycles. The molecule has 0 aromatic heterocycles. The number of hydrogen-bond donors (Lipinski definition) is 7. The minimum Gasteiger partial charge on any atom is -0.463 e. The first-order valence-electron chi connectivity index (χ1n) is 10.2.